The molecular weight excluding hydrogens is 320 g/mol. The number of aryl methyl sites for hydroxylation is 1. The number of rotatable bonds is 8. The molecule has 0 bridgehead atoms. The molecule has 1 heterocycles. The van der Waals surface area contributed by atoms with E-state index in [4.69, 9.17) is 4.52 Å². The van der Waals surface area contributed by atoms with E-state index in [-0.39, 0.29) is 18.5 Å². The molecule has 7 nitrogen and oxygen atoms in total. The number of anilines is 1. The van der Waals surface area contributed by atoms with E-state index in [0.717, 1.165) is 25.7 Å². The van der Waals surface area contributed by atoms with Crippen LogP contribution in [-0.4, -0.2) is 41.6 Å². The number of amides is 3. The van der Waals surface area contributed by atoms with E-state index in [1.165, 1.54) is 19.3 Å². The Morgan fingerprint density at radius 1 is 1.32 bits per heavy atom. The molecule has 7 heteroatoms. The van der Waals surface area contributed by atoms with Gasteiger partial charge in [0.15, 0.2) is 5.82 Å². The molecule has 140 valence electrons. The van der Waals surface area contributed by atoms with Crippen molar-refractivity contribution in [1.29, 1.82) is 0 Å². The Labute approximate surface area is 149 Å². The number of carbonyl (C=O) groups is 2. The van der Waals surface area contributed by atoms with E-state index in [0.29, 0.717) is 30.6 Å². The zero-order valence-electron chi connectivity index (χ0n) is 15.3. The van der Waals surface area contributed by atoms with Crippen LogP contribution in [0.5, 0.6) is 0 Å². The lowest BCUT2D eigenvalue weighted by Gasteiger charge is -2.29. The number of hydrogen-bond acceptors (Lipinski definition) is 4. The quantitative estimate of drug-likeness (QED) is 0.704. The van der Waals surface area contributed by atoms with Crippen molar-refractivity contribution in [3.63, 3.8) is 0 Å². The monoisotopic (exact) mass is 350 g/mol. The topological polar surface area (TPSA) is 87.5 Å². The Morgan fingerprint density at radius 3 is 2.72 bits per heavy atom. The first-order valence-corrected chi connectivity index (χ1v) is 9.34. The third-order valence-electron chi connectivity index (χ3n) is 4.53. The SMILES string of the molecule is CCCCNC(=O)N(CC(=O)Nc1cc(C)on1)CC1CCCCC1. The molecule has 1 aromatic rings. The Morgan fingerprint density at radius 2 is 2.08 bits per heavy atom. The summed E-state index contributed by atoms with van der Waals surface area (Å²) < 4.78 is 4.95. The molecule has 0 atom stereocenters. The molecule has 0 radical (unpaired) electrons. The predicted octanol–water partition coefficient (Wildman–Crippen LogP) is 3.31. The molecule has 1 fully saturated rings. The highest BCUT2D eigenvalue weighted by Gasteiger charge is 2.23. The van der Waals surface area contributed by atoms with Gasteiger partial charge >= 0.3 is 6.03 Å². The van der Waals surface area contributed by atoms with Crippen LogP contribution in [0, 0.1) is 12.8 Å². The summed E-state index contributed by atoms with van der Waals surface area (Å²) in [4.78, 5) is 26.4. The molecule has 3 amide bonds. The van der Waals surface area contributed by atoms with Crippen LogP contribution in [0.25, 0.3) is 0 Å². The number of urea groups is 1. The van der Waals surface area contributed by atoms with Crippen molar-refractivity contribution >= 4 is 17.8 Å². The molecule has 2 N–H and O–H groups in total. The van der Waals surface area contributed by atoms with Gasteiger partial charge in [0.25, 0.3) is 0 Å². The normalized spacial score (nSPS) is 15.0. The van der Waals surface area contributed by atoms with E-state index < -0.39 is 0 Å². The molecule has 25 heavy (non-hydrogen) atoms. The Hall–Kier alpha value is -2.05. The number of nitrogens with zero attached hydrogens (tertiary/aromatic N) is 2. The van der Waals surface area contributed by atoms with E-state index in [1.807, 2.05) is 0 Å². The van der Waals surface area contributed by atoms with Crippen molar-refractivity contribution in [2.75, 3.05) is 25.0 Å². The lowest BCUT2D eigenvalue weighted by molar-refractivity contribution is -0.117. The van der Waals surface area contributed by atoms with Crippen molar-refractivity contribution in [1.82, 2.24) is 15.4 Å². The maximum atomic E-state index is 12.5. The first-order chi connectivity index (χ1) is 12.1. The fourth-order valence-electron chi connectivity index (χ4n) is 3.17. The number of aromatic nitrogens is 1. The molecular formula is C18H30N4O3. The third-order valence-corrected chi connectivity index (χ3v) is 4.53. The number of carbonyl (C=O) groups excluding carboxylic acids is 2. The molecule has 0 spiro atoms. The Kier molecular flexibility index (Phi) is 7.76. The Bertz CT molecular complexity index is 552. The summed E-state index contributed by atoms with van der Waals surface area (Å²) in [6.07, 6.45) is 7.90. The van der Waals surface area contributed by atoms with Crippen LogP contribution in [0.15, 0.2) is 10.6 Å². The highest BCUT2D eigenvalue weighted by atomic mass is 16.5. The van der Waals surface area contributed by atoms with Crippen LogP contribution in [0.3, 0.4) is 0 Å². The summed E-state index contributed by atoms with van der Waals surface area (Å²) in [7, 11) is 0. The van der Waals surface area contributed by atoms with Gasteiger partial charge in [0.2, 0.25) is 5.91 Å². The van der Waals surface area contributed by atoms with Crippen LogP contribution in [-0.2, 0) is 4.79 Å². The van der Waals surface area contributed by atoms with Gasteiger partial charge in [0.05, 0.1) is 0 Å². The number of hydrogen-bond donors (Lipinski definition) is 2. The van der Waals surface area contributed by atoms with Gasteiger partial charge in [-0.1, -0.05) is 37.8 Å². The van der Waals surface area contributed by atoms with Crippen LogP contribution in [0.1, 0.15) is 57.6 Å². The van der Waals surface area contributed by atoms with Crippen molar-refractivity contribution in [3.05, 3.63) is 11.8 Å². The van der Waals surface area contributed by atoms with E-state index in [1.54, 1.807) is 17.9 Å². The fraction of sp³-hybridized carbons (Fsp3) is 0.722. The van der Waals surface area contributed by atoms with Crippen molar-refractivity contribution in [2.45, 2.75) is 58.8 Å². The second-order valence-electron chi connectivity index (χ2n) is 6.84. The molecule has 1 aliphatic carbocycles. The average Bonchev–Trinajstić information content (AvgIpc) is 3.00. The molecule has 2 rings (SSSR count). The first-order valence-electron chi connectivity index (χ1n) is 9.34. The van der Waals surface area contributed by atoms with Gasteiger partial charge in [-0.2, -0.15) is 0 Å². The van der Waals surface area contributed by atoms with E-state index in [2.05, 4.69) is 22.7 Å². The van der Waals surface area contributed by atoms with Crippen LogP contribution in [0.2, 0.25) is 0 Å². The van der Waals surface area contributed by atoms with E-state index in [9.17, 15) is 9.59 Å². The maximum Gasteiger partial charge on any atom is 0.317 e. The smallest absolute Gasteiger partial charge is 0.317 e. The first kappa shape index (κ1) is 19.3. The summed E-state index contributed by atoms with van der Waals surface area (Å²) in [5, 5.41) is 9.36. The van der Waals surface area contributed by atoms with Crippen LogP contribution < -0.4 is 10.6 Å². The van der Waals surface area contributed by atoms with Gasteiger partial charge in [0.1, 0.15) is 12.3 Å². The Balaban J connectivity index is 1.91. The average molecular weight is 350 g/mol. The third kappa shape index (κ3) is 6.76. The summed E-state index contributed by atoms with van der Waals surface area (Å²) >= 11 is 0. The summed E-state index contributed by atoms with van der Waals surface area (Å²) in [6.45, 7) is 5.14. The minimum atomic E-state index is -0.255. The highest BCUT2D eigenvalue weighted by molar-refractivity contribution is 5.93. The van der Waals surface area contributed by atoms with Crippen molar-refractivity contribution in [2.24, 2.45) is 5.92 Å². The van der Waals surface area contributed by atoms with E-state index >= 15 is 0 Å². The minimum absolute atomic E-state index is 0.0281. The molecule has 0 aromatic carbocycles. The molecule has 0 aliphatic heterocycles. The van der Waals surface area contributed by atoms with Gasteiger partial charge in [-0.05, 0) is 32.1 Å². The zero-order chi connectivity index (χ0) is 18.1. The maximum absolute atomic E-state index is 12.5. The zero-order valence-corrected chi connectivity index (χ0v) is 15.3. The molecule has 1 aromatic heterocycles. The lowest BCUT2D eigenvalue weighted by atomic mass is 9.89. The second kappa shape index (κ2) is 10.1. The van der Waals surface area contributed by atoms with Gasteiger partial charge in [0, 0.05) is 19.2 Å². The summed E-state index contributed by atoms with van der Waals surface area (Å²) in [6, 6.07) is 1.50. The van der Waals surface area contributed by atoms with Crippen molar-refractivity contribution in [3.8, 4) is 0 Å². The van der Waals surface area contributed by atoms with Gasteiger partial charge in [-0.15, -0.1) is 0 Å². The van der Waals surface area contributed by atoms with Crippen LogP contribution in [0.4, 0.5) is 10.6 Å². The second-order valence-corrected chi connectivity index (χ2v) is 6.84. The minimum Gasteiger partial charge on any atom is -0.360 e. The standard InChI is InChI=1S/C18H30N4O3/c1-3-4-10-19-18(24)22(12-15-8-6-5-7-9-15)13-17(23)20-16-11-14(2)25-21-16/h11,15H,3-10,12-13H2,1-2H3,(H,19,24)(H,20,21,23). The molecule has 0 unspecified atom stereocenters. The molecule has 1 saturated carbocycles. The fourth-order valence-corrected chi connectivity index (χ4v) is 3.17. The van der Waals surface area contributed by atoms with Gasteiger partial charge < -0.3 is 20.1 Å². The van der Waals surface area contributed by atoms with Gasteiger partial charge in [-0.25, -0.2) is 4.79 Å². The van der Waals surface area contributed by atoms with Crippen molar-refractivity contribution < 1.29 is 14.1 Å². The number of nitrogens with one attached hydrogen (secondary N) is 2. The summed E-state index contributed by atoms with van der Waals surface area (Å²) in [5.74, 6) is 1.24. The number of unbranched alkanes of at least 4 members (excludes halogenated alkanes) is 1. The highest BCUT2D eigenvalue weighted by Crippen LogP contribution is 2.24. The summed E-state index contributed by atoms with van der Waals surface area (Å²) in [5.41, 5.74) is 0. The molecule has 1 aliphatic rings. The van der Waals surface area contributed by atoms with Gasteiger partial charge in [-0.3, -0.25) is 4.79 Å². The lowest BCUT2D eigenvalue weighted by Crippen LogP contribution is -2.46. The largest absolute Gasteiger partial charge is 0.360 e. The van der Waals surface area contributed by atoms with Crippen LogP contribution >= 0.6 is 0 Å². The molecule has 0 saturated heterocycles. The predicted molar refractivity (Wildman–Crippen MR) is 96.3 cm³/mol.